The van der Waals surface area contributed by atoms with Crippen molar-refractivity contribution in [1.82, 2.24) is 24.8 Å². The Morgan fingerprint density at radius 2 is 1.79 bits per heavy atom. The molecular weight excluding hydrogens is 532 g/mol. The number of carbonyl (C=O) groups is 2. The predicted octanol–water partition coefficient (Wildman–Crippen LogP) is 3.49. The van der Waals surface area contributed by atoms with Crippen LogP contribution < -0.4 is 20.4 Å². The van der Waals surface area contributed by atoms with Gasteiger partial charge in [-0.2, -0.15) is 4.98 Å². The van der Waals surface area contributed by atoms with Gasteiger partial charge in [-0.3, -0.25) is 14.2 Å². The third-order valence-corrected chi connectivity index (χ3v) is 8.38. The van der Waals surface area contributed by atoms with Crippen LogP contribution in [0.2, 0.25) is 0 Å². The molecule has 4 unspecified atom stereocenters. The largest absolute Gasteiger partial charge is 0.625 e. The third-order valence-electron chi connectivity index (χ3n) is 8.38. The maximum Gasteiger partial charge on any atom is 0.279 e. The summed E-state index contributed by atoms with van der Waals surface area (Å²) in [6.45, 7) is 5.13. The number of hydrogen-bond donors (Lipinski definition) is 2. The summed E-state index contributed by atoms with van der Waals surface area (Å²) < 4.78 is 4.97. The van der Waals surface area contributed by atoms with E-state index in [4.69, 9.17) is 10.5 Å². The summed E-state index contributed by atoms with van der Waals surface area (Å²) in [5, 5.41) is 17.9. The van der Waals surface area contributed by atoms with Gasteiger partial charge in [0.05, 0.1) is 11.5 Å². The Morgan fingerprint density at radius 3 is 2.45 bits per heavy atom. The zero-order valence-electron chi connectivity index (χ0n) is 23.1. The van der Waals surface area contributed by atoms with Crippen LogP contribution in [-0.4, -0.2) is 58.4 Å². The van der Waals surface area contributed by atoms with Crippen LogP contribution in [0.1, 0.15) is 36.3 Å². The number of carbonyl (C=O) groups excluding carboxylic acids is 2. The average molecular weight is 565 g/mol. The fourth-order valence-electron chi connectivity index (χ4n) is 6.25. The van der Waals surface area contributed by atoms with Gasteiger partial charge in [0.1, 0.15) is 23.6 Å². The number of fused-ring (bicyclic) bond motifs is 1. The first-order valence-corrected chi connectivity index (χ1v) is 14.1. The molecule has 3 aromatic rings. The molecule has 10 heteroatoms. The van der Waals surface area contributed by atoms with Crippen LogP contribution in [0.25, 0.3) is 0 Å². The van der Waals surface area contributed by atoms with Crippen molar-refractivity contribution in [2.75, 3.05) is 25.4 Å². The number of piperidine rings is 1. The molecule has 214 valence electrons. The van der Waals surface area contributed by atoms with Gasteiger partial charge < -0.3 is 25.9 Å². The number of benzene rings is 2. The van der Waals surface area contributed by atoms with E-state index in [1.807, 2.05) is 54.6 Å². The van der Waals surface area contributed by atoms with Crippen LogP contribution >= 0.6 is 0 Å². The van der Waals surface area contributed by atoms with Crippen molar-refractivity contribution < 1.29 is 14.3 Å². The average Bonchev–Trinajstić information content (AvgIpc) is 3.56. The number of quaternary nitrogens is 1. The van der Waals surface area contributed by atoms with Crippen LogP contribution in [-0.2, 0) is 9.59 Å². The zero-order valence-corrected chi connectivity index (χ0v) is 23.1. The number of amides is 2. The SMILES string of the molecule is C=CC(=O)N1CCC(C#CC2C(c3ccc(Oc4ccccc4)cc3)c3c(N)ncnc3[N+]2([O-])C2CCNC2=O)CC1. The summed E-state index contributed by atoms with van der Waals surface area (Å²) >= 11 is 0. The molecule has 3 N–H and O–H groups in total. The number of nitrogens with one attached hydrogen (secondary N) is 1. The molecule has 3 aliphatic heterocycles. The number of hydroxylamine groups is 2. The Kier molecular flexibility index (Phi) is 7.37. The minimum atomic E-state index is -1.01. The first kappa shape index (κ1) is 27.4. The van der Waals surface area contributed by atoms with E-state index in [0.717, 1.165) is 5.56 Å². The molecule has 10 nitrogen and oxygen atoms in total. The fraction of sp³-hybridized carbons (Fsp3) is 0.312. The molecule has 0 radical (unpaired) electrons. The highest BCUT2D eigenvalue weighted by Gasteiger charge is 2.57. The predicted molar refractivity (Wildman–Crippen MR) is 159 cm³/mol. The molecule has 3 aliphatic rings. The number of hydrogen-bond acceptors (Lipinski definition) is 7. The minimum absolute atomic E-state index is 0.000776. The molecule has 2 saturated heterocycles. The van der Waals surface area contributed by atoms with Crippen molar-refractivity contribution in [2.45, 2.75) is 37.3 Å². The van der Waals surface area contributed by atoms with E-state index in [9.17, 15) is 9.59 Å². The highest BCUT2D eigenvalue weighted by atomic mass is 16.6. The van der Waals surface area contributed by atoms with Gasteiger partial charge in [-0.15, -0.1) is 0 Å². The number of nitrogen functional groups attached to an aromatic ring is 1. The van der Waals surface area contributed by atoms with Crippen LogP contribution in [0.15, 0.2) is 73.6 Å². The molecule has 42 heavy (non-hydrogen) atoms. The van der Waals surface area contributed by atoms with Gasteiger partial charge in [-0.05, 0) is 54.7 Å². The standard InChI is InChI=1S/C32H32N6O4/c1-2-27(39)37-18-15-21(16-19-37)8-13-25-28(22-9-11-24(12-10-22)42-23-6-4-3-5-7-23)29-30(33)35-20-36-31(29)38(25,41)26-14-17-34-32(26)40/h2-7,9-12,20-21,25-26,28H,1,14-19H2,(H,34,40)(H2,33,35,36). The van der Waals surface area contributed by atoms with Gasteiger partial charge in [0, 0.05) is 32.0 Å². The lowest BCUT2D eigenvalue weighted by Crippen LogP contribution is -2.59. The van der Waals surface area contributed by atoms with E-state index >= 15 is 5.21 Å². The summed E-state index contributed by atoms with van der Waals surface area (Å²) in [5.74, 6) is 7.45. The number of ether oxygens (including phenoxy) is 1. The molecule has 2 amide bonds. The summed E-state index contributed by atoms with van der Waals surface area (Å²) in [4.78, 5) is 35.4. The van der Waals surface area contributed by atoms with Crippen molar-refractivity contribution in [3.8, 4) is 23.3 Å². The Hall–Kier alpha value is -4.72. The van der Waals surface area contributed by atoms with Gasteiger partial charge >= 0.3 is 0 Å². The Balaban J connectivity index is 1.39. The summed E-state index contributed by atoms with van der Waals surface area (Å²) in [6.07, 6.45) is 4.34. The van der Waals surface area contributed by atoms with Gasteiger partial charge in [0.25, 0.3) is 5.91 Å². The van der Waals surface area contributed by atoms with Crippen LogP contribution in [0, 0.1) is 23.0 Å². The molecule has 0 saturated carbocycles. The summed E-state index contributed by atoms with van der Waals surface area (Å²) in [6, 6.07) is 15.2. The normalized spacial score (nSPS) is 25.2. The first-order valence-electron chi connectivity index (χ1n) is 14.1. The lowest BCUT2D eigenvalue weighted by molar-refractivity contribution is -0.127. The van der Waals surface area contributed by atoms with Crippen LogP contribution in [0.3, 0.4) is 0 Å². The number of para-hydroxylation sites is 1. The van der Waals surface area contributed by atoms with Gasteiger partial charge in [-0.25, -0.2) is 4.98 Å². The number of likely N-dealkylation sites (tertiary alicyclic amines) is 1. The lowest BCUT2D eigenvalue weighted by Gasteiger charge is -2.45. The Labute approximate surface area is 244 Å². The van der Waals surface area contributed by atoms with E-state index in [1.54, 1.807) is 4.90 Å². The lowest BCUT2D eigenvalue weighted by atomic mass is 9.87. The fourth-order valence-corrected chi connectivity index (χ4v) is 6.25. The van der Waals surface area contributed by atoms with Gasteiger partial charge in [-0.1, -0.05) is 42.8 Å². The number of aromatic nitrogens is 2. The van der Waals surface area contributed by atoms with Crippen LogP contribution in [0.5, 0.6) is 11.5 Å². The molecule has 2 aromatic carbocycles. The zero-order chi connectivity index (χ0) is 29.3. The van der Waals surface area contributed by atoms with Gasteiger partial charge in [0.15, 0.2) is 12.1 Å². The maximum atomic E-state index is 15.1. The maximum absolute atomic E-state index is 15.1. The molecule has 6 rings (SSSR count). The second-order valence-electron chi connectivity index (χ2n) is 10.8. The topological polar surface area (TPSA) is 134 Å². The van der Waals surface area contributed by atoms with E-state index in [1.165, 1.54) is 12.4 Å². The van der Waals surface area contributed by atoms with Crippen molar-refractivity contribution in [3.63, 3.8) is 0 Å². The quantitative estimate of drug-likeness (QED) is 0.210. The molecule has 0 aliphatic carbocycles. The molecule has 2 fully saturated rings. The number of anilines is 1. The molecule has 4 atom stereocenters. The minimum Gasteiger partial charge on any atom is -0.625 e. The smallest absolute Gasteiger partial charge is 0.279 e. The monoisotopic (exact) mass is 564 g/mol. The second-order valence-corrected chi connectivity index (χ2v) is 10.8. The summed E-state index contributed by atoms with van der Waals surface area (Å²) in [7, 11) is 0. The van der Waals surface area contributed by atoms with E-state index in [0.29, 0.717) is 56.0 Å². The second kappa shape index (κ2) is 11.3. The molecular formula is C32H32N6O4. The van der Waals surface area contributed by atoms with Crippen molar-refractivity contribution in [1.29, 1.82) is 0 Å². The van der Waals surface area contributed by atoms with Crippen molar-refractivity contribution in [3.05, 3.63) is 89.9 Å². The Morgan fingerprint density at radius 1 is 1.07 bits per heavy atom. The molecule has 1 aromatic heterocycles. The highest BCUT2D eigenvalue weighted by Crippen LogP contribution is 2.51. The third kappa shape index (κ3) is 4.87. The molecule has 0 bridgehead atoms. The van der Waals surface area contributed by atoms with Crippen molar-refractivity contribution >= 4 is 23.5 Å². The van der Waals surface area contributed by atoms with E-state index < -0.39 is 22.6 Å². The highest BCUT2D eigenvalue weighted by molar-refractivity contribution is 5.88. The molecule has 0 spiro atoms. The van der Waals surface area contributed by atoms with E-state index in [2.05, 4.69) is 33.7 Å². The van der Waals surface area contributed by atoms with Crippen molar-refractivity contribution in [2.24, 2.45) is 5.92 Å². The first-order chi connectivity index (χ1) is 20.4. The number of nitrogens with zero attached hydrogens (tertiary/aromatic N) is 4. The number of nitrogens with two attached hydrogens (primary N) is 1. The van der Waals surface area contributed by atoms with E-state index in [-0.39, 0.29) is 29.4 Å². The summed E-state index contributed by atoms with van der Waals surface area (Å²) in [5.41, 5.74) is 7.74. The Bertz CT molecular complexity index is 1560. The van der Waals surface area contributed by atoms with Gasteiger partial charge in [0.2, 0.25) is 11.7 Å². The number of rotatable bonds is 5. The van der Waals surface area contributed by atoms with Crippen LogP contribution in [0.4, 0.5) is 11.6 Å². The molecule has 4 heterocycles.